The molecule has 0 radical (unpaired) electrons. The summed E-state index contributed by atoms with van der Waals surface area (Å²) in [6, 6.07) is 0. The maximum absolute atomic E-state index is 12.7. The number of piperidine rings is 1. The molecule has 0 amide bonds. The molecule has 1 aromatic rings. The fourth-order valence-electron chi connectivity index (χ4n) is 3.25. The van der Waals surface area contributed by atoms with Gasteiger partial charge in [-0.3, -0.25) is 0 Å². The molecule has 0 aromatic carbocycles. The van der Waals surface area contributed by atoms with Gasteiger partial charge in [0.25, 0.3) is 10.0 Å². The van der Waals surface area contributed by atoms with Crippen LogP contribution in [0.2, 0.25) is 0 Å². The summed E-state index contributed by atoms with van der Waals surface area (Å²) in [6.45, 7) is 6.74. The van der Waals surface area contributed by atoms with E-state index in [1.54, 1.807) is 17.8 Å². The van der Waals surface area contributed by atoms with Gasteiger partial charge in [0.1, 0.15) is 0 Å². The van der Waals surface area contributed by atoms with Gasteiger partial charge in [0.2, 0.25) is 0 Å². The Labute approximate surface area is 202 Å². The highest BCUT2D eigenvalue weighted by molar-refractivity contribution is 7.89. The Morgan fingerprint density at radius 3 is 2.03 bits per heavy atom. The lowest BCUT2D eigenvalue weighted by Gasteiger charge is -2.36. The predicted molar refractivity (Wildman–Crippen MR) is 109 cm³/mol. The van der Waals surface area contributed by atoms with Crippen molar-refractivity contribution in [3.63, 3.8) is 0 Å². The van der Waals surface area contributed by atoms with Gasteiger partial charge >= 0.3 is 24.3 Å². The minimum absolute atomic E-state index is 0.0104. The Bertz CT molecular complexity index is 959. The smallest absolute Gasteiger partial charge is 0.475 e. The van der Waals surface area contributed by atoms with E-state index in [1.807, 2.05) is 0 Å². The van der Waals surface area contributed by atoms with Gasteiger partial charge in [0, 0.05) is 45.3 Å². The molecule has 0 aliphatic carbocycles. The highest BCUT2D eigenvalue weighted by Gasteiger charge is 2.40. The summed E-state index contributed by atoms with van der Waals surface area (Å²) in [7, 11) is -1.75. The molecule has 2 fully saturated rings. The topological polar surface area (TPSA) is 142 Å². The van der Waals surface area contributed by atoms with Crippen molar-refractivity contribution in [2.75, 3.05) is 39.3 Å². The van der Waals surface area contributed by atoms with Crippen molar-refractivity contribution >= 4 is 22.0 Å². The number of rotatable bonds is 3. The molecular weight excluding hydrogens is 530 g/mol. The number of carboxylic acids is 2. The number of likely N-dealkylation sites (N-methyl/N-ethyl adjacent to an activating group) is 1. The van der Waals surface area contributed by atoms with E-state index in [4.69, 9.17) is 24.5 Å². The van der Waals surface area contributed by atoms with Crippen LogP contribution in [0.4, 0.5) is 26.3 Å². The highest BCUT2D eigenvalue weighted by atomic mass is 32.2. The van der Waals surface area contributed by atoms with Crippen molar-refractivity contribution in [3.05, 3.63) is 12.5 Å². The van der Waals surface area contributed by atoms with Gasteiger partial charge < -0.3 is 24.4 Å². The normalized spacial score (nSPS) is 21.7. The van der Waals surface area contributed by atoms with Crippen LogP contribution in [-0.4, -0.2) is 107 Å². The van der Waals surface area contributed by atoms with Crippen molar-refractivity contribution in [1.29, 1.82) is 0 Å². The number of aliphatic carboxylic acids is 2. The van der Waals surface area contributed by atoms with Crippen LogP contribution in [0.15, 0.2) is 17.6 Å². The van der Waals surface area contributed by atoms with Gasteiger partial charge in [-0.2, -0.15) is 30.6 Å². The summed E-state index contributed by atoms with van der Waals surface area (Å²) in [4.78, 5) is 24.2. The molecule has 11 nitrogen and oxygen atoms in total. The van der Waals surface area contributed by atoms with Crippen molar-refractivity contribution in [2.24, 2.45) is 13.0 Å². The molecule has 2 aliphatic heterocycles. The Hall–Kier alpha value is -2.44. The third-order valence-corrected chi connectivity index (χ3v) is 6.86. The molecule has 3 rings (SSSR count). The van der Waals surface area contributed by atoms with Crippen LogP contribution in [0.1, 0.15) is 13.3 Å². The molecule has 3 heterocycles. The first-order chi connectivity index (χ1) is 16.4. The zero-order valence-corrected chi connectivity index (χ0v) is 20.0. The fraction of sp³-hybridized carbons (Fsp3) is 0.722. The second-order valence-corrected chi connectivity index (χ2v) is 9.58. The van der Waals surface area contributed by atoms with Gasteiger partial charge in [-0.05, 0) is 13.0 Å². The number of carbonyl (C=O) groups is 2. The third kappa shape index (κ3) is 9.55. The van der Waals surface area contributed by atoms with E-state index in [1.165, 1.54) is 10.6 Å². The molecule has 2 aliphatic rings. The summed E-state index contributed by atoms with van der Waals surface area (Å²) in [5.74, 6) is -5.10. The van der Waals surface area contributed by atoms with E-state index in [-0.39, 0.29) is 11.1 Å². The van der Waals surface area contributed by atoms with Crippen molar-refractivity contribution in [1.82, 2.24) is 18.8 Å². The molecule has 1 aromatic heterocycles. The number of nitrogens with zero attached hydrogens (tertiary/aromatic N) is 4. The number of halogens is 6. The van der Waals surface area contributed by atoms with Gasteiger partial charge in [-0.25, -0.2) is 23.0 Å². The van der Waals surface area contributed by atoms with E-state index >= 15 is 0 Å². The second kappa shape index (κ2) is 12.7. The number of hydrogen-bond acceptors (Lipinski definition) is 7. The van der Waals surface area contributed by atoms with E-state index in [9.17, 15) is 34.8 Å². The zero-order valence-electron chi connectivity index (χ0n) is 19.2. The number of ether oxygens (including phenoxy) is 1. The summed E-state index contributed by atoms with van der Waals surface area (Å²) in [5.41, 5.74) is 0. The van der Waals surface area contributed by atoms with Crippen LogP contribution in [-0.2, 0) is 31.4 Å². The molecular formula is C18H26F6N4O7S. The van der Waals surface area contributed by atoms with Crippen LogP contribution < -0.4 is 0 Å². The fourth-order valence-corrected chi connectivity index (χ4v) is 4.68. The number of carboxylic acid groups (broad SMARTS) is 2. The van der Waals surface area contributed by atoms with Crippen LogP contribution >= 0.6 is 0 Å². The summed E-state index contributed by atoms with van der Waals surface area (Å²) in [5, 5.41) is 14.4. The predicted octanol–water partition coefficient (Wildman–Crippen LogP) is 1.42. The van der Waals surface area contributed by atoms with Crippen LogP contribution in [0.5, 0.6) is 0 Å². The molecule has 2 atom stereocenters. The minimum Gasteiger partial charge on any atom is -0.475 e. The van der Waals surface area contributed by atoms with E-state index in [0.29, 0.717) is 25.6 Å². The molecule has 0 unspecified atom stereocenters. The van der Waals surface area contributed by atoms with Crippen molar-refractivity contribution in [3.8, 4) is 0 Å². The molecule has 208 valence electrons. The molecule has 0 spiro atoms. The number of fused-ring (bicyclic) bond motifs is 1. The number of sulfonamides is 1. The number of alkyl halides is 6. The van der Waals surface area contributed by atoms with E-state index < -0.39 is 34.3 Å². The first-order valence-electron chi connectivity index (χ1n) is 10.3. The van der Waals surface area contributed by atoms with Gasteiger partial charge in [0.15, 0.2) is 5.03 Å². The number of aryl methyl sites for hydroxylation is 1. The van der Waals surface area contributed by atoms with Crippen LogP contribution in [0, 0.1) is 5.92 Å². The lowest BCUT2D eigenvalue weighted by molar-refractivity contribution is -0.193. The number of hydrogen-bond donors (Lipinski definition) is 2. The molecule has 0 bridgehead atoms. The van der Waals surface area contributed by atoms with E-state index in [2.05, 4.69) is 16.8 Å². The molecule has 36 heavy (non-hydrogen) atoms. The van der Waals surface area contributed by atoms with Crippen molar-refractivity contribution in [2.45, 2.75) is 36.8 Å². The first kappa shape index (κ1) is 31.6. The van der Waals surface area contributed by atoms with Crippen LogP contribution in [0.3, 0.4) is 0 Å². The van der Waals surface area contributed by atoms with Gasteiger partial charge in [-0.15, -0.1) is 0 Å². The first-order valence-corrected chi connectivity index (χ1v) is 11.8. The average molecular weight is 556 g/mol. The molecule has 2 N–H and O–H groups in total. The monoisotopic (exact) mass is 556 g/mol. The standard InChI is InChI=1S/C14H24N4O3S.2C2HF3O2/c1-3-17-6-7-21-13-9-18(5-4-12(13)8-17)22(19,20)14-10-16(2)11-15-14;2*3-2(4,5)1(6)7/h10-13H,3-9H2,1-2H3;2*(H,6,7)/t12-,13-;;/m1../s1. The lowest BCUT2D eigenvalue weighted by Crippen LogP contribution is -2.49. The Kier molecular flexibility index (Phi) is 11.1. The summed E-state index contributed by atoms with van der Waals surface area (Å²) < 4.78 is 97.9. The maximum Gasteiger partial charge on any atom is 0.490 e. The van der Waals surface area contributed by atoms with E-state index in [0.717, 1.165) is 26.1 Å². The van der Waals surface area contributed by atoms with Gasteiger partial charge in [-0.1, -0.05) is 6.92 Å². The molecule has 0 saturated carbocycles. The number of imidazole rings is 1. The Balaban J connectivity index is 0.000000383. The summed E-state index contributed by atoms with van der Waals surface area (Å²) >= 11 is 0. The minimum atomic E-state index is -5.08. The highest BCUT2D eigenvalue weighted by Crippen LogP contribution is 2.27. The third-order valence-electron chi connectivity index (χ3n) is 5.11. The molecule has 18 heteroatoms. The average Bonchev–Trinajstić information content (AvgIpc) is 3.09. The van der Waals surface area contributed by atoms with Gasteiger partial charge in [0.05, 0.1) is 19.0 Å². The Morgan fingerprint density at radius 2 is 1.61 bits per heavy atom. The Morgan fingerprint density at radius 1 is 1.08 bits per heavy atom. The maximum atomic E-state index is 12.7. The summed E-state index contributed by atoms with van der Waals surface area (Å²) in [6.07, 6.45) is -6.27. The number of aromatic nitrogens is 2. The lowest BCUT2D eigenvalue weighted by atomic mass is 9.94. The van der Waals surface area contributed by atoms with Crippen molar-refractivity contribution < 1.29 is 59.3 Å². The SMILES string of the molecule is CCN1CCO[C@@H]2CN(S(=O)(=O)c3cn(C)cn3)CC[C@@H]2C1.O=C(O)C(F)(F)F.O=C(O)C(F)(F)F. The largest absolute Gasteiger partial charge is 0.490 e. The van der Waals surface area contributed by atoms with Crippen LogP contribution in [0.25, 0.3) is 0 Å². The second-order valence-electron chi connectivity index (χ2n) is 7.70. The zero-order chi connectivity index (χ0) is 27.9. The molecule has 2 saturated heterocycles. The quantitative estimate of drug-likeness (QED) is 0.529.